The summed E-state index contributed by atoms with van der Waals surface area (Å²) in [5.74, 6) is 1.31. The van der Waals surface area contributed by atoms with Crippen LogP contribution >= 0.6 is 0 Å². The van der Waals surface area contributed by atoms with Gasteiger partial charge in [-0.3, -0.25) is 0 Å². The molecule has 0 aliphatic carbocycles. The normalized spacial score (nSPS) is 11.9. The van der Waals surface area contributed by atoms with Crippen LogP contribution in [0.1, 0.15) is 6.92 Å². The number of benzene rings is 1. The zero-order valence-electron chi connectivity index (χ0n) is 12.8. The first-order chi connectivity index (χ1) is 10.5. The van der Waals surface area contributed by atoms with E-state index in [1.54, 1.807) is 12.3 Å². The van der Waals surface area contributed by atoms with Crippen molar-refractivity contribution in [3.8, 4) is 11.1 Å². The van der Waals surface area contributed by atoms with Crippen LogP contribution in [0.2, 0.25) is 0 Å². The average Bonchev–Trinajstić information content (AvgIpc) is 2.90. The molecule has 0 bridgehead atoms. The summed E-state index contributed by atoms with van der Waals surface area (Å²) in [6, 6.07) is 8.59. The van der Waals surface area contributed by atoms with Gasteiger partial charge in [-0.15, -0.1) is 0 Å². The number of aromatic amines is 1. The van der Waals surface area contributed by atoms with Gasteiger partial charge in [-0.1, -0.05) is 0 Å². The van der Waals surface area contributed by atoms with E-state index in [0.29, 0.717) is 5.82 Å². The lowest BCUT2D eigenvalue weighted by molar-refractivity contribution is 0.618. The van der Waals surface area contributed by atoms with Crippen LogP contribution < -0.4 is 0 Å². The fourth-order valence-electron chi connectivity index (χ4n) is 2.21. The second-order valence-electron chi connectivity index (χ2n) is 5.35. The smallest absolute Gasteiger partial charge is 0.153 e. The van der Waals surface area contributed by atoms with Gasteiger partial charge in [0, 0.05) is 48.5 Å². The number of rotatable bonds is 2. The van der Waals surface area contributed by atoms with Crippen molar-refractivity contribution >= 4 is 22.6 Å². The topological polar surface area (TPSA) is 44.3 Å². The predicted octanol–water partition coefficient (Wildman–Crippen LogP) is 3.98. The van der Waals surface area contributed by atoms with Crippen LogP contribution in [0.5, 0.6) is 0 Å². The third-order valence-corrected chi connectivity index (χ3v) is 3.63. The van der Waals surface area contributed by atoms with E-state index in [4.69, 9.17) is 0 Å². The van der Waals surface area contributed by atoms with Crippen molar-refractivity contribution in [3.63, 3.8) is 0 Å². The van der Waals surface area contributed by atoms with Crippen molar-refractivity contribution in [2.75, 3.05) is 14.1 Å². The van der Waals surface area contributed by atoms with Gasteiger partial charge in [-0.25, -0.2) is 14.4 Å². The lowest BCUT2D eigenvalue weighted by Gasteiger charge is -2.10. The van der Waals surface area contributed by atoms with E-state index in [9.17, 15) is 4.39 Å². The summed E-state index contributed by atoms with van der Waals surface area (Å²) in [5.41, 5.74) is 2.75. The number of H-pyrrole nitrogens is 1. The minimum Gasteiger partial charge on any atom is -0.366 e. The van der Waals surface area contributed by atoms with Gasteiger partial charge in [0.1, 0.15) is 11.7 Å². The van der Waals surface area contributed by atoms with Crippen LogP contribution in [0.3, 0.4) is 0 Å². The van der Waals surface area contributed by atoms with Gasteiger partial charge in [-0.2, -0.15) is 0 Å². The molecule has 0 saturated heterocycles. The summed E-state index contributed by atoms with van der Waals surface area (Å²) in [5, 5.41) is 0.976. The summed E-state index contributed by atoms with van der Waals surface area (Å²) < 4.78 is 13.2. The van der Waals surface area contributed by atoms with E-state index in [2.05, 4.69) is 15.0 Å². The molecule has 0 aliphatic rings. The first-order valence-corrected chi connectivity index (χ1v) is 7.00. The molecule has 0 unspecified atom stereocenters. The van der Waals surface area contributed by atoms with E-state index in [1.807, 2.05) is 44.2 Å². The minimum absolute atomic E-state index is 0.247. The van der Waals surface area contributed by atoms with Crippen molar-refractivity contribution in [2.45, 2.75) is 6.92 Å². The maximum absolute atomic E-state index is 13.2. The molecule has 0 aliphatic heterocycles. The number of aromatic nitrogens is 2. The number of nitrogens with zero attached hydrogens (tertiary/aromatic N) is 3. The summed E-state index contributed by atoms with van der Waals surface area (Å²) in [7, 11) is 3.89. The molecule has 3 rings (SSSR count). The predicted molar refractivity (Wildman–Crippen MR) is 87.9 cm³/mol. The third kappa shape index (κ3) is 2.70. The Hall–Kier alpha value is -2.69. The van der Waals surface area contributed by atoms with Crippen LogP contribution in [0.4, 0.5) is 10.2 Å². The highest BCUT2D eigenvalue weighted by molar-refractivity contribution is 5.95. The van der Waals surface area contributed by atoms with Crippen LogP contribution in [-0.2, 0) is 0 Å². The monoisotopic (exact) mass is 296 g/mol. The lowest BCUT2D eigenvalue weighted by Crippen LogP contribution is -2.17. The maximum atomic E-state index is 13.2. The molecule has 2 heterocycles. The number of amidine groups is 1. The number of pyridine rings is 1. The van der Waals surface area contributed by atoms with E-state index >= 15 is 0 Å². The van der Waals surface area contributed by atoms with Gasteiger partial charge < -0.3 is 9.88 Å². The van der Waals surface area contributed by atoms with Crippen LogP contribution in [-0.4, -0.2) is 34.8 Å². The van der Waals surface area contributed by atoms with Crippen LogP contribution in [0.15, 0.2) is 47.7 Å². The zero-order valence-corrected chi connectivity index (χ0v) is 12.8. The summed E-state index contributed by atoms with van der Waals surface area (Å²) in [6.07, 6.45) is 3.66. The van der Waals surface area contributed by atoms with Crippen molar-refractivity contribution < 1.29 is 4.39 Å². The van der Waals surface area contributed by atoms with Crippen molar-refractivity contribution in [2.24, 2.45) is 4.99 Å². The quantitative estimate of drug-likeness (QED) is 0.574. The molecule has 1 N–H and O–H groups in total. The number of hydrogen-bond acceptors (Lipinski definition) is 2. The lowest BCUT2D eigenvalue weighted by atomic mass is 10.1. The highest BCUT2D eigenvalue weighted by Gasteiger charge is 2.07. The molecule has 3 aromatic rings. The van der Waals surface area contributed by atoms with Gasteiger partial charge in [0.05, 0.1) is 0 Å². The second kappa shape index (κ2) is 5.60. The number of nitrogens with one attached hydrogen (secondary N) is 1. The van der Waals surface area contributed by atoms with Gasteiger partial charge >= 0.3 is 0 Å². The SMILES string of the molecule is CC(=Nc1ccc(-c2c[nH]c3cc(F)ccc23)cn1)N(C)C. The van der Waals surface area contributed by atoms with Crippen molar-refractivity contribution in [1.82, 2.24) is 14.9 Å². The highest BCUT2D eigenvalue weighted by Crippen LogP contribution is 2.29. The molecule has 1 aromatic carbocycles. The number of halogens is 1. The molecule has 5 heteroatoms. The average molecular weight is 296 g/mol. The van der Waals surface area contributed by atoms with E-state index in [1.165, 1.54) is 12.1 Å². The standard InChI is InChI=1S/C17H17FN4/c1-11(22(2)3)21-17-7-4-12(9-20-17)15-10-19-16-8-13(18)5-6-14(15)16/h4-10,19H,1-3H3. The molecule has 4 nitrogen and oxygen atoms in total. The summed E-state index contributed by atoms with van der Waals surface area (Å²) in [4.78, 5) is 13.8. The molecule has 112 valence electrons. The van der Waals surface area contributed by atoms with Crippen molar-refractivity contribution in [1.29, 1.82) is 0 Å². The largest absolute Gasteiger partial charge is 0.366 e. The fraction of sp³-hybridized carbons (Fsp3) is 0.176. The number of hydrogen-bond donors (Lipinski definition) is 1. The Morgan fingerprint density at radius 2 is 2.05 bits per heavy atom. The molecule has 0 atom stereocenters. The van der Waals surface area contributed by atoms with E-state index in [0.717, 1.165) is 27.9 Å². The van der Waals surface area contributed by atoms with E-state index < -0.39 is 0 Å². The first-order valence-electron chi connectivity index (χ1n) is 7.00. The Kier molecular flexibility index (Phi) is 3.63. The van der Waals surface area contributed by atoms with Gasteiger partial charge in [0.15, 0.2) is 5.82 Å². The Morgan fingerprint density at radius 1 is 1.23 bits per heavy atom. The fourth-order valence-corrected chi connectivity index (χ4v) is 2.21. The Bertz CT molecular complexity index is 831. The Labute approximate surface area is 128 Å². The molecule has 0 amide bonds. The molecule has 0 fully saturated rings. The summed E-state index contributed by atoms with van der Waals surface area (Å²) in [6.45, 7) is 1.93. The van der Waals surface area contributed by atoms with Gasteiger partial charge in [0.2, 0.25) is 0 Å². The maximum Gasteiger partial charge on any atom is 0.153 e. The molecular formula is C17H17FN4. The molecule has 0 spiro atoms. The Balaban J connectivity index is 1.97. The summed E-state index contributed by atoms with van der Waals surface area (Å²) >= 11 is 0. The molecule has 0 saturated carbocycles. The van der Waals surface area contributed by atoms with Gasteiger partial charge in [0.25, 0.3) is 0 Å². The Morgan fingerprint density at radius 3 is 2.73 bits per heavy atom. The second-order valence-corrected chi connectivity index (χ2v) is 5.35. The van der Waals surface area contributed by atoms with E-state index in [-0.39, 0.29) is 5.82 Å². The minimum atomic E-state index is -0.247. The van der Waals surface area contributed by atoms with Crippen LogP contribution in [0.25, 0.3) is 22.0 Å². The van der Waals surface area contributed by atoms with Crippen LogP contribution in [0, 0.1) is 5.82 Å². The molecular weight excluding hydrogens is 279 g/mol. The highest BCUT2D eigenvalue weighted by atomic mass is 19.1. The number of fused-ring (bicyclic) bond motifs is 1. The third-order valence-electron chi connectivity index (χ3n) is 3.63. The molecule has 2 aromatic heterocycles. The first kappa shape index (κ1) is 14.3. The molecule has 22 heavy (non-hydrogen) atoms. The number of aliphatic imine (C=N–C) groups is 1. The molecule has 0 radical (unpaired) electrons. The zero-order chi connectivity index (χ0) is 15.7. The van der Waals surface area contributed by atoms with Crippen molar-refractivity contribution in [3.05, 3.63) is 48.5 Å². The van der Waals surface area contributed by atoms with Gasteiger partial charge in [-0.05, 0) is 37.3 Å².